The average Bonchev–Trinajstić information content (AvgIpc) is 2.78. The highest BCUT2D eigenvalue weighted by Gasteiger charge is 2.24. The van der Waals surface area contributed by atoms with Gasteiger partial charge in [0.25, 0.3) is 0 Å². The Bertz CT molecular complexity index is 783. The third kappa shape index (κ3) is 6.31. The lowest BCUT2D eigenvalue weighted by Crippen LogP contribution is -2.49. The molecule has 30 heavy (non-hydrogen) atoms. The first-order chi connectivity index (χ1) is 14.6. The first kappa shape index (κ1) is 22.3. The number of guanidine groups is 1. The predicted octanol–water partition coefficient (Wildman–Crippen LogP) is 3.81. The summed E-state index contributed by atoms with van der Waals surface area (Å²) >= 11 is 0. The number of benzene rings is 2. The molecule has 0 amide bonds. The Hall–Kier alpha value is -2.37. The fraction of sp³-hybridized carbons (Fsp3) is 0.480. The van der Waals surface area contributed by atoms with Gasteiger partial charge in [0.15, 0.2) is 5.96 Å². The van der Waals surface area contributed by atoms with Gasteiger partial charge >= 0.3 is 0 Å². The van der Waals surface area contributed by atoms with Crippen molar-refractivity contribution in [2.75, 3.05) is 26.2 Å². The summed E-state index contributed by atoms with van der Waals surface area (Å²) in [5.41, 5.74) is 3.48. The van der Waals surface area contributed by atoms with E-state index in [4.69, 9.17) is 0 Å². The minimum atomic E-state index is -0.588. The van der Waals surface area contributed by atoms with Crippen LogP contribution in [0.4, 0.5) is 0 Å². The number of hydrogen-bond acceptors (Lipinski definition) is 3. The molecule has 1 fully saturated rings. The quantitative estimate of drug-likeness (QED) is 0.482. The Balaban J connectivity index is 1.51. The van der Waals surface area contributed by atoms with Gasteiger partial charge in [-0.05, 0) is 44.7 Å². The molecule has 2 aromatic rings. The molecule has 0 saturated carbocycles. The zero-order valence-corrected chi connectivity index (χ0v) is 18.5. The van der Waals surface area contributed by atoms with Gasteiger partial charge in [-0.3, -0.25) is 9.89 Å². The van der Waals surface area contributed by atoms with Crippen LogP contribution in [0.2, 0.25) is 0 Å². The molecule has 0 bridgehead atoms. The third-order valence-corrected chi connectivity index (χ3v) is 5.93. The molecule has 0 aliphatic carbocycles. The lowest BCUT2D eigenvalue weighted by Gasteiger charge is -2.37. The largest absolute Gasteiger partial charge is 0.386 e. The van der Waals surface area contributed by atoms with Crippen LogP contribution in [0.3, 0.4) is 0 Å². The number of hydrogen-bond donors (Lipinski definition) is 3. The highest BCUT2D eigenvalue weighted by Crippen LogP contribution is 2.24. The van der Waals surface area contributed by atoms with Crippen LogP contribution in [0.5, 0.6) is 0 Å². The molecule has 2 atom stereocenters. The summed E-state index contributed by atoms with van der Waals surface area (Å²) in [6, 6.07) is 19.6. The van der Waals surface area contributed by atoms with E-state index in [-0.39, 0.29) is 0 Å². The van der Waals surface area contributed by atoms with Crippen molar-refractivity contribution < 1.29 is 5.11 Å². The monoisotopic (exact) mass is 408 g/mol. The van der Waals surface area contributed by atoms with Gasteiger partial charge in [-0.25, -0.2) is 0 Å². The predicted molar refractivity (Wildman–Crippen MR) is 125 cm³/mol. The molecule has 3 rings (SSSR count). The van der Waals surface area contributed by atoms with Crippen LogP contribution in [0.15, 0.2) is 59.6 Å². The van der Waals surface area contributed by atoms with Crippen molar-refractivity contribution in [2.24, 2.45) is 4.99 Å². The van der Waals surface area contributed by atoms with Gasteiger partial charge in [-0.2, -0.15) is 0 Å². The van der Waals surface area contributed by atoms with Gasteiger partial charge in [0.1, 0.15) is 0 Å². The molecule has 162 valence electrons. The molecule has 3 N–H and O–H groups in total. The van der Waals surface area contributed by atoms with Crippen molar-refractivity contribution in [3.8, 4) is 0 Å². The molecule has 1 saturated heterocycles. The van der Waals surface area contributed by atoms with Crippen LogP contribution >= 0.6 is 0 Å². The van der Waals surface area contributed by atoms with E-state index < -0.39 is 6.10 Å². The second kappa shape index (κ2) is 11.1. The van der Waals surface area contributed by atoms with Crippen LogP contribution in [0.25, 0.3) is 0 Å². The van der Waals surface area contributed by atoms with Gasteiger partial charge in [-0.15, -0.1) is 0 Å². The third-order valence-electron chi connectivity index (χ3n) is 5.93. The SMILES string of the molecule is CCNC(=NCC(O)c1ccc(C)cc1)NC1CCN(C(C)c2ccccc2)CC1. The fourth-order valence-electron chi connectivity index (χ4n) is 3.96. The average molecular weight is 409 g/mol. The molecular formula is C25H36N4O. The maximum Gasteiger partial charge on any atom is 0.191 e. The zero-order chi connectivity index (χ0) is 21.3. The van der Waals surface area contributed by atoms with Crippen LogP contribution < -0.4 is 10.6 Å². The van der Waals surface area contributed by atoms with Crippen molar-refractivity contribution in [1.82, 2.24) is 15.5 Å². The molecule has 0 aromatic heterocycles. The summed E-state index contributed by atoms with van der Waals surface area (Å²) in [6.07, 6.45) is 1.58. The maximum absolute atomic E-state index is 10.5. The van der Waals surface area contributed by atoms with E-state index in [1.807, 2.05) is 31.2 Å². The van der Waals surface area contributed by atoms with Crippen molar-refractivity contribution in [3.05, 3.63) is 71.3 Å². The van der Waals surface area contributed by atoms with Crippen molar-refractivity contribution in [3.63, 3.8) is 0 Å². The second-order valence-corrected chi connectivity index (χ2v) is 8.19. The van der Waals surface area contributed by atoms with E-state index in [0.29, 0.717) is 18.6 Å². The van der Waals surface area contributed by atoms with Crippen LogP contribution in [0.1, 0.15) is 55.5 Å². The molecule has 0 radical (unpaired) electrons. The highest BCUT2D eigenvalue weighted by molar-refractivity contribution is 5.80. The number of likely N-dealkylation sites (tertiary alicyclic amines) is 1. The van der Waals surface area contributed by atoms with Crippen LogP contribution in [-0.2, 0) is 0 Å². The molecule has 0 spiro atoms. The van der Waals surface area contributed by atoms with E-state index >= 15 is 0 Å². The van der Waals surface area contributed by atoms with Gasteiger partial charge in [-0.1, -0.05) is 60.2 Å². The van der Waals surface area contributed by atoms with Crippen molar-refractivity contribution in [2.45, 2.75) is 51.8 Å². The molecule has 2 aromatic carbocycles. The van der Waals surface area contributed by atoms with E-state index in [9.17, 15) is 5.11 Å². The number of aliphatic hydroxyl groups excluding tert-OH is 1. The lowest BCUT2D eigenvalue weighted by atomic mass is 10.0. The summed E-state index contributed by atoms with van der Waals surface area (Å²) < 4.78 is 0. The smallest absolute Gasteiger partial charge is 0.191 e. The maximum atomic E-state index is 10.5. The molecule has 5 heteroatoms. The zero-order valence-electron chi connectivity index (χ0n) is 18.5. The number of rotatable bonds is 7. The Labute approximate surface area is 181 Å². The lowest BCUT2D eigenvalue weighted by molar-refractivity contribution is 0.158. The van der Waals surface area contributed by atoms with Gasteiger partial charge in [0.05, 0.1) is 12.6 Å². The molecule has 1 aliphatic heterocycles. The van der Waals surface area contributed by atoms with Gasteiger partial charge in [0, 0.05) is 31.7 Å². The summed E-state index contributed by atoms with van der Waals surface area (Å²) in [4.78, 5) is 7.19. The number of piperidine rings is 1. The summed E-state index contributed by atoms with van der Waals surface area (Å²) in [7, 11) is 0. The summed E-state index contributed by atoms with van der Waals surface area (Å²) in [5.74, 6) is 0.790. The Kier molecular flexibility index (Phi) is 8.29. The number of aliphatic imine (C=N–C) groups is 1. The molecule has 1 heterocycles. The highest BCUT2D eigenvalue weighted by atomic mass is 16.3. The van der Waals surface area contributed by atoms with E-state index in [2.05, 4.69) is 64.7 Å². The second-order valence-electron chi connectivity index (χ2n) is 8.19. The van der Waals surface area contributed by atoms with Crippen molar-refractivity contribution in [1.29, 1.82) is 0 Å². The number of aliphatic hydroxyl groups is 1. The topological polar surface area (TPSA) is 59.9 Å². The number of nitrogens with zero attached hydrogens (tertiary/aromatic N) is 2. The van der Waals surface area contributed by atoms with Gasteiger partial charge in [0.2, 0.25) is 0 Å². The fourth-order valence-corrected chi connectivity index (χ4v) is 3.96. The Morgan fingerprint density at radius 3 is 2.37 bits per heavy atom. The van der Waals surface area contributed by atoms with Gasteiger partial charge < -0.3 is 15.7 Å². The van der Waals surface area contributed by atoms with Crippen LogP contribution in [-0.4, -0.2) is 48.2 Å². The summed E-state index contributed by atoms with van der Waals surface area (Å²) in [5, 5.41) is 17.4. The Morgan fingerprint density at radius 1 is 1.07 bits per heavy atom. The molecular weight excluding hydrogens is 372 g/mol. The molecule has 1 aliphatic rings. The van der Waals surface area contributed by atoms with Crippen molar-refractivity contribution >= 4 is 5.96 Å². The summed E-state index contributed by atoms with van der Waals surface area (Å²) in [6.45, 7) is 9.70. The Morgan fingerprint density at radius 2 is 1.73 bits per heavy atom. The van der Waals surface area contributed by atoms with E-state index in [1.165, 1.54) is 11.1 Å². The first-order valence-electron chi connectivity index (χ1n) is 11.1. The van der Waals surface area contributed by atoms with E-state index in [1.54, 1.807) is 0 Å². The van der Waals surface area contributed by atoms with E-state index in [0.717, 1.165) is 44.0 Å². The molecule has 2 unspecified atom stereocenters. The number of aryl methyl sites for hydroxylation is 1. The minimum absolute atomic E-state index is 0.349. The number of nitrogens with one attached hydrogen (secondary N) is 2. The minimum Gasteiger partial charge on any atom is -0.386 e. The standard InChI is InChI=1S/C25H36N4O/c1-4-26-25(27-18-24(30)22-12-10-19(2)11-13-22)28-23-14-16-29(17-15-23)20(3)21-8-6-5-7-9-21/h5-13,20,23-24,30H,4,14-18H2,1-3H3,(H2,26,27,28). The van der Waals surface area contributed by atoms with Crippen LogP contribution in [0, 0.1) is 6.92 Å². The normalized spacial score (nSPS) is 18.1. The first-order valence-corrected chi connectivity index (χ1v) is 11.1. The molecule has 5 nitrogen and oxygen atoms in total.